The number of ether oxygens (including phenoxy) is 1. The molecule has 3 N–H and O–H groups in total. The summed E-state index contributed by atoms with van der Waals surface area (Å²) in [6.45, 7) is 2.70. The number of nitrogens with one attached hydrogen (secondary N) is 1. The summed E-state index contributed by atoms with van der Waals surface area (Å²) in [5.74, 6) is 1.89. The first-order valence-corrected chi connectivity index (χ1v) is 8.87. The molecule has 3 rings (SSSR count). The van der Waals surface area contributed by atoms with Gasteiger partial charge in [-0.05, 0) is 24.1 Å². The molecule has 0 saturated heterocycles. The highest BCUT2D eigenvalue weighted by atomic mass is 16.5. The molecule has 0 spiro atoms. The first-order valence-electron chi connectivity index (χ1n) is 8.87. The average molecular weight is 348 g/mol. The molecular weight excluding hydrogens is 324 g/mol. The smallest absolute Gasteiger partial charge is 0.221 e. The number of nitrogen functional groups attached to an aromatic ring is 1. The number of benzene rings is 2. The van der Waals surface area contributed by atoms with Crippen molar-refractivity contribution in [3.63, 3.8) is 0 Å². The SMILES string of the molecule is CC[C@@H](Nc1nc(N)ncc1CCOc1ccccc1)c1ccccc1. The van der Waals surface area contributed by atoms with Crippen LogP contribution in [0.4, 0.5) is 11.8 Å². The molecule has 1 heterocycles. The van der Waals surface area contributed by atoms with Gasteiger partial charge in [-0.3, -0.25) is 0 Å². The molecule has 0 saturated carbocycles. The molecular formula is C21H24N4O. The Labute approximate surface area is 154 Å². The maximum atomic E-state index is 5.81. The van der Waals surface area contributed by atoms with Crippen molar-refractivity contribution in [3.8, 4) is 5.75 Å². The molecule has 5 nitrogen and oxygen atoms in total. The van der Waals surface area contributed by atoms with Crippen LogP contribution in [-0.4, -0.2) is 16.6 Å². The Morgan fingerprint density at radius 2 is 1.73 bits per heavy atom. The van der Waals surface area contributed by atoms with Crippen molar-refractivity contribution >= 4 is 11.8 Å². The lowest BCUT2D eigenvalue weighted by molar-refractivity contribution is 0.322. The number of anilines is 2. The number of nitrogens with zero attached hydrogens (tertiary/aromatic N) is 2. The topological polar surface area (TPSA) is 73.1 Å². The van der Waals surface area contributed by atoms with E-state index in [-0.39, 0.29) is 12.0 Å². The van der Waals surface area contributed by atoms with Crippen molar-refractivity contribution in [2.75, 3.05) is 17.7 Å². The molecule has 0 unspecified atom stereocenters. The van der Waals surface area contributed by atoms with E-state index in [1.807, 2.05) is 48.5 Å². The zero-order chi connectivity index (χ0) is 18.2. The second-order valence-corrected chi connectivity index (χ2v) is 6.03. The van der Waals surface area contributed by atoms with E-state index in [9.17, 15) is 0 Å². The van der Waals surface area contributed by atoms with Crippen LogP contribution in [0.2, 0.25) is 0 Å². The van der Waals surface area contributed by atoms with Gasteiger partial charge in [-0.15, -0.1) is 0 Å². The van der Waals surface area contributed by atoms with Gasteiger partial charge in [-0.1, -0.05) is 55.5 Å². The van der Waals surface area contributed by atoms with E-state index in [1.54, 1.807) is 6.20 Å². The van der Waals surface area contributed by atoms with Crippen molar-refractivity contribution < 1.29 is 4.74 Å². The Kier molecular flexibility index (Phi) is 6.04. The van der Waals surface area contributed by atoms with Crippen LogP contribution in [0.5, 0.6) is 5.75 Å². The minimum absolute atomic E-state index is 0.166. The molecule has 26 heavy (non-hydrogen) atoms. The molecule has 0 aliphatic carbocycles. The van der Waals surface area contributed by atoms with Gasteiger partial charge in [0, 0.05) is 18.2 Å². The Morgan fingerprint density at radius 1 is 1.04 bits per heavy atom. The average Bonchev–Trinajstić information content (AvgIpc) is 2.69. The molecule has 0 fully saturated rings. The van der Waals surface area contributed by atoms with E-state index < -0.39 is 0 Å². The second-order valence-electron chi connectivity index (χ2n) is 6.03. The lowest BCUT2D eigenvalue weighted by Crippen LogP contribution is -2.15. The van der Waals surface area contributed by atoms with Crippen LogP contribution in [0, 0.1) is 0 Å². The molecule has 134 valence electrons. The van der Waals surface area contributed by atoms with Gasteiger partial charge in [0.1, 0.15) is 11.6 Å². The molecule has 0 bridgehead atoms. The van der Waals surface area contributed by atoms with Crippen LogP contribution < -0.4 is 15.8 Å². The standard InChI is InChI=1S/C21H24N4O/c1-2-19(16-9-5-3-6-10-16)24-20-17(15-23-21(22)25-20)13-14-26-18-11-7-4-8-12-18/h3-12,15,19H,2,13-14H2,1H3,(H3,22,23,24,25)/t19-/m1/s1. The fraction of sp³-hybridized carbons (Fsp3) is 0.238. The highest BCUT2D eigenvalue weighted by Crippen LogP contribution is 2.24. The third-order valence-corrected chi connectivity index (χ3v) is 4.19. The Bertz CT molecular complexity index is 809. The van der Waals surface area contributed by atoms with Gasteiger partial charge in [0.25, 0.3) is 0 Å². The highest BCUT2D eigenvalue weighted by molar-refractivity contribution is 5.48. The van der Waals surface area contributed by atoms with E-state index in [1.165, 1.54) is 5.56 Å². The fourth-order valence-corrected chi connectivity index (χ4v) is 2.80. The molecule has 2 aromatic carbocycles. The summed E-state index contributed by atoms with van der Waals surface area (Å²) < 4.78 is 5.80. The number of rotatable bonds is 8. The first kappa shape index (κ1) is 17.7. The van der Waals surface area contributed by atoms with Crippen molar-refractivity contribution in [1.82, 2.24) is 9.97 Å². The van der Waals surface area contributed by atoms with Crippen LogP contribution >= 0.6 is 0 Å². The summed E-state index contributed by atoms with van der Waals surface area (Å²) in [5.41, 5.74) is 8.02. The summed E-state index contributed by atoms with van der Waals surface area (Å²) in [5, 5.41) is 3.52. The van der Waals surface area contributed by atoms with Crippen molar-refractivity contribution in [2.45, 2.75) is 25.8 Å². The van der Waals surface area contributed by atoms with Crippen LogP contribution in [0.25, 0.3) is 0 Å². The zero-order valence-electron chi connectivity index (χ0n) is 14.9. The third-order valence-electron chi connectivity index (χ3n) is 4.19. The van der Waals surface area contributed by atoms with Gasteiger partial charge in [-0.25, -0.2) is 4.98 Å². The summed E-state index contributed by atoms with van der Waals surface area (Å²) in [6, 6.07) is 20.3. The van der Waals surface area contributed by atoms with Gasteiger partial charge in [0.15, 0.2) is 0 Å². The number of hydrogen-bond donors (Lipinski definition) is 2. The van der Waals surface area contributed by atoms with E-state index in [2.05, 4.69) is 34.3 Å². The predicted molar refractivity (Wildman–Crippen MR) is 105 cm³/mol. The molecule has 0 radical (unpaired) electrons. The van der Waals surface area contributed by atoms with Gasteiger partial charge in [0.2, 0.25) is 5.95 Å². The number of aromatic nitrogens is 2. The molecule has 5 heteroatoms. The van der Waals surface area contributed by atoms with Crippen LogP contribution in [0.3, 0.4) is 0 Å². The molecule has 0 aliphatic heterocycles. The van der Waals surface area contributed by atoms with Gasteiger partial charge in [-0.2, -0.15) is 4.98 Å². The lowest BCUT2D eigenvalue weighted by Gasteiger charge is -2.20. The molecule has 1 atom stereocenters. The Hall–Kier alpha value is -3.08. The summed E-state index contributed by atoms with van der Waals surface area (Å²) in [7, 11) is 0. The van der Waals surface area contributed by atoms with Crippen molar-refractivity contribution in [3.05, 3.63) is 78.0 Å². The van der Waals surface area contributed by atoms with Gasteiger partial charge < -0.3 is 15.8 Å². The maximum absolute atomic E-state index is 5.81. The third kappa shape index (κ3) is 4.72. The highest BCUT2D eigenvalue weighted by Gasteiger charge is 2.13. The van der Waals surface area contributed by atoms with Gasteiger partial charge in [0.05, 0.1) is 12.6 Å². The van der Waals surface area contributed by atoms with Gasteiger partial charge >= 0.3 is 0 Å². The van der Waals surface area contributed by atoms with Crippen molar-refractivity contribution in [2.24, 2.45) is 0 Å². The zero-order valence-corrected chi connectivity index (χ0v) is 14.9. The quantitative estimate of drug-likeness (QED) is 0.637. The van der Waals surface area contributed by atoms with Crippen molar-refractivity contribution in [1.29, 1.82) is 0 Å². The minimum atomic E-state index is 0.166. The normalized spacial score (nSPS) is 11.7. The number of hydrogen-bond acceptors (Lipinski definition) is 5. The summed E-state index contributed by atoms with van der Waals surface area (Å²) in [4.78, 5) is 8.55. The van der Waals surface area contributed by atoms with Crippen LogP contribution in [0.15, 0.2) is 66.9 Å². The van der Waals surface area contributed by atoms with E-state index in [0.717, 1.165) is 23.6 Å². The summed E-state index contributed by atoms with van der Waals surface area (Å²) >= 11 is 0. The summed E-state index contributed by atoms with van der Waals surface area (Å²) in [6.07, 6.45) is 3.41. The van der Waals surface area contributed by atoms with E-state index in [4.69, 9.17) is 10.5 Å². The molecule has 1 aromatic heterocycles. The lowest BCUT2D eigenvalue weighted by atomic mass is 10.0. The van der Waals surface area contributed by atoms with Crippen LogP contribution in [-0.2, 0) is 6.42 Å². The maximum Gasteiger partial charge on any atom is 0.221 e. The second kappa shape index (κ2) is 8.85. The first-order chi connectivity index (χ1) is 12.8. The van der Waals surface area contributed by atoms with Crippen LogP contribution in [0.1, 0.15) is 30.5 Å². The van der Waals surface area contributed by atoms with E-state index >= 15 is 0 Å². The largest absolute Gasteiger partial charge is 0.493 e. The van der Waals surface area contributed by atoms with E-state index in [0.29, 0.717) is 13.0 Å². The Balaban J connectivity index is 1.71. The Morgan fingerprint density at radius 3 is 2.42 bits per heavy atom. The molecule has 0 amide bonds. The number of nitrogens with two attached hydrogens (primary N) is 1. The fourth-order valence-electron chi connectivity index (χ4n) is 2.80. The number of para-hydroxylation sites is 1. The predicted octanol–water partition coefficient (Wildman–Crippen LogP) is 4.24. The minimum Gasteiger partial charge on any atom is -0.493 e. The molecule has 3 aromatic rings. The molecule has 0 aliphatic rings. The monoisotopic (exact) mass is 348 g/mol.